The van der Waals surface area contributed by atoms with Gasteiger partial charge in [0.25, 0.3) is 0 Å². The molecule has 2 amide bonds. The average molecular weight is 388 g/mol. The highest BCUT2D eigenvalue weighted by Gasteiger charge is 2.33. The monoisotopic (exact) mass is 387 g/mol. The summed E-state index contributed by atoms with van der Waals surface area (Å²) < 4.78 is 6.89. The van der Waals surface area contributed by atoms with Crippen LogP contribution in [0.2, 0.25) is 0 Å². The Hall–Kier alpha value is -2.14. The van der Waals surface area contributed by atoms with Crippen LogP contribution in [0.25, 0.3) is 0 Å². The maximum absolute atomic E-state index is 10.4. The van der Waals surface area contributed by atoms with Crippen molar-refractivity contribution in [2.24, 2.45) is 0 Å². The Kier molecular flexibility index (Phi) is 4.45. The van der Waals surface area contributed by atoms with Crippen LogP contribution in [-0.4, -0.2) is 15.7 Å². The summed E-state index contributed by atoms with van der Waals surface area (Å²) in [5, 5.41) is 0. The quantitative estimate of drug-likeness (QED) is 0.491. The fourth-order valence-corrected chi connectivity index (χ4v) is 3.31. The van der Waals surface area contributed by atoms with E-state index in [-0.39, 0.29) is 17.2 Å². The molecule has 0 radical (unpaired) electrons. The van der Waals surface area contributed by atoms with Crippen molar-refractivity contribution in [1.82, 2.24) is 3.93 Å². The lowest BCUT2D eigenvalue weighted by Crippen LogP contribution is -2.23. The number of halogens is 1. The van der Waals surface area contributed by atoms with E-state index in [1.54, 1.807) is 0 Å². The number of benzene rings is 2. The van der Waals surface area contributed by atoms with Gasteiger partial charge in [0.15, 0.2) is 0 Å². The Labute approximate surface area is 149 Å². The van der Waals surface area contributed by atoms with Gasteiger partial charge in [-0.25, -0.2) is 3.93 Å². The lowest BCUT2D eigenvalue weighted by molar-refractivity contribution is -0.131. The largest absolute Gasteiger partial charge is 0.457 e. The number of carbonyl (C=O) groups is 2. The molecular weight excluding hydrogens is 370 g/mol. The predicted molar refractivity (Wildman–Crippen MR) is 95.1 cm³/mol. The van der Waals surface area contributed by atoms with Crippen molar-refractivity contribution in [2.45, 2.75) is 32.1 Å². The molecule has 0 atom stereocenters. The molecular formula is C19H18BrNO3. The predicted octanol–water partition coefficient (Wildman–Crippen LogP) is 4.56. The molecule has 24 heavy (non-hydrogen) atoms. The number of hydrogen-bond acceptors (Lipinski definition) is 3. The van der Waals surface area contributed by atoms with Crippen LogP contribution >= 0.6 is 16.1 Å². The number of para-hydroxylation sites is 2. The van der Waals surface area contributed by atoms with Crippen LogP contribution in [0, 0.1) is 0 Å². The van der Waals surface area contributed by atoms with Gasteiger partial charge in [-0.05, 0) is 12.1 Å². The van der Waals surface area contributed by atoms with Crippen molar-refractivity contribution in [1.29, 1.82) is 0 Å². The number of ether oxygens (including phenoxy) is 1. The van der Waals surface area contributed by atoms with Gasteiger partial charge < -0.3 is 4.74 Å². The molecule has 5 heteroatoms. The molecule has 2 heterocycles. The molecule has 124 valence electrons. The number of hydrogen-bond donors (Lipinski definition) is 0. The summed E-state index contributed by atoms with van der Waals surface area (Å²) in [5.74, 6) is 1.67. The Balaban J connectivity index is 0.000000179. The standard InChI is InChI=1S/C15H14O.C4H4BrNO2/c1-15(2)11-7-3-5-9-13(11)16-14-10-6-4-8-12(14)15;5-6-3(7)1-2-4(6)8/h3-10H,1-2H3;1-2H2. The lowest BCUT2D eigenvalue weighted by Gasteiger charge is -2.34. The number of carbonyl (C=O) groups excluding carboxylic acids is 2. The fraction of sp³-hybridized carbons (Fsp3) is 0.263. The van der Waals surface area contributed by atoms with E-state index in [9.17, 15) is 9.59 Å². The van der Waals surface area contributed by atoms with Crippen LogP contribution in [0.3, 0.4) is 0 Å². The van der Waals surface area contributed by atoms with Gasteiger partial charge in [0.05, 0.1) is 16.1 Å². The summed E-state index contributed by atoms with van der Waals surface area (Å²) in [4.78, 5) is 20.9. The number of rotatable bonds is 0. The van der Waals surface area contributed by atoms with E-state index < -0.39 is 0 Å². The topological polar surface area (TPSA) is 46.6 Å². The summed E-state index contributed by atoms with van der Waals surface area (Å²) in [5.41, 5.74) is 2.54. The summed E-state index contributed by atoms with van der Waals surface area (Å²) in [6.07, 6.45) is 0.703. The third kappa shape index (κ3) is 2.96. The van der Waals surface area contributed by atoms with Gasteiger partial charge in [0.2, 0.25) is 11.8 Å². The van der Waals surface area contributed by atoms with E-state index >= 15 is 0 Å². The molecule has 4 nitrogen and oxygen atoms in total. The molecule has 1 saturated heterocycles. The van der Waals surface area contributed by atoms with Crippen molar-refractivity contribution >= 4 is 28.0 Å². The third-order valence-electron chi connectivity index (χ3n) is 4.33. The first kappa shape index (κ1) is 16.7. The maximum atomic E-state index is 10.4. The molecule has 2 aromatic carbocycles. The highest BCUT2D eigenvalue weighted by Crippen LogP contribution is 2.47. The van der Waals surface area contributed by atoms with E-state index in [0.29, 0.717) is 12.8 Å². The average Bonchev–Trinajstić information content (AvgIpc) is 2.87. The van der Waals surface area contributed by atoms with E-state index in [0.717, 1.165) is 15.4 Å². The van der Waals surface area contributed by atoms with E-state index in [2.05, 4.69) is 54.3 Å². The second-order valence-electron chi connectivity index (χ2n) is 6.29. The van der Waals surface area contributed by atoms with Crippen molar-refractivity contribution in [3.8, 4) is 11.5 Å². The number of fused-ring (bicyclic) bond motifs is 2. The molecule has 0 aliphatic carbocycles. The summed E-state index contributed by atoms with van der Waals surface area (Å²) >= 11 is 2.80. The molecule has 0 saturated carbocycles. The first-order valence-corrected chi connectivity index (χ1v) is 8.50. The highest BCUT2D eigenvalue weighted by molar-refractivity contribution is 9.08. The molecule has 0 unspecified atom stereocenters. The normalized spacial score (nSPS) is 17.4. The molecule has 2 aliphatic rings. The second-order valence-corrected chi connectivity index (χ2v) is 7.00. The minimum Gasteiger partial charge on any atom is -0.457 e. The minimum absolute atomic E-state index is 0.0193. The zero-order chi connectivity index (χ0) is 17.3. The van der Waals surface area contributed by atoms with Gasteiger partial charge in [0.1, 0.15) is 11.5 Å². The summed E-state index contributed by atoms with van der Waals surface area (Å²) in [6, 6.07) is 16.5. The summed E-state index contributed by atoms with van der Waals surface area (Å²) in [6.45, 7) is 4.49. The number of nitrogens with zero attached hydrogens (tertiary/aromatic N) is 1. The second kappa shape index (κ2) is 6.40. The highest BCUT2D eigenvalue weighted by atomic mass is 79.9. The van der Waals surface area contributed by atoms with E-state index in [1.165, 1.54) is 11.1 Å². The van der Waals surface area contributed by atoms with Crippen LogP contribution in [0.1, 0.15) is 37.8 Å². The van der Waals surface area contributed by atoms with Crippen LogP contribution in [0.15, 0.2) is 48.5 Å². The maximum Gasteiger partial charge on any atom is 0.239 e. The van der Waals surface area contributed by atoms with Crippen molar-refractivity contribution < 1.29 is 14.3 Å². The Morgan fingerprint density at radius 3 is 1.67 bits per heavy atom. The van der Waals surface area contributed by atoms with Gasteiger partial charge in [0, 0.05) is 29.4 Å². The van der Waals surface area contributed by atoms with E-state index in [1.807, 2.05) is 24.3 Å². The van der Waals surface area contributed by atoms with Crippen LogP contribution in [0.5, 0.6) is 11.5 Å². The first-order valence-electron chi connectivity index (χ1n) is 7.79. The number of imide groups is 1. The third-order valence-corrected chi connectivity index (χ3v) is 5.12. The molecule has 0 aromatic heterocycles. The minimum atomic E-state index is -0.144. The van der Waals surface area contributed by atoms with Gasteiger partial charge >= 0.3 is 0 Å². The zero-order valence-electron chi connectivity index (χ0n) is 13.6. The smallest absolute Gasteiger partial charge is 0.239 e. The van der Waals surface area contributed by atoms with Crippen molar-refractivity contribution in [3.05, 3.63) is 59.7 Å². The van der Waals surface area contributed by atoms with Crippen LogP contribution < -0.4 is 4.74 Å². The zero-order valence-corrected chi connectivity index (χ0v) is 15.2. The Morgan fingerprint density at radius 1 is 0.875 bits per heavy atom. The Morgan fingerprint density at radius 2 is 1.29 bits per heavy atom. The Bertz CT molecular complexity index is 737. The fourth-order valence-electron chi connectivity index (χ4n) is 2.96. The molecule has 1 fully saturated rings. The molecule has 2 aromatic rings. The van der Waals surface area contributed by atoms with E-state index in [4.69, 9.17) is 4.74 Å². The lowest BCUT2D eigenvalue weighted by atomic mass is 9.76. The van der Waals surface area contributed by atoms with Gasteiger partial charge in [-0.3, -0.25) is 9.59 Å². The van der Waals surface area contributed by atoms with Gasteiger partial charge in [-0.2, -0.15) is 0 Å². The van der Waals surface area contributed by atoms with Crippen LogP contribution in [0.4, 0.5) is 0 Å². The molecule has 0 bridgehead atoms. The SMILES string of the molecule is CC1(C)c2ccccc2Oc2ccccc21.O=C1CCC(=O)N1Br. The molecule has 4 rings (SSSR count). The summed E-state index contributed by atoms with van der Waals surface area (Å²) in [7, 11) is 0. The van der Waals surface area contributed by atoms with Crippen molar-refractivity contribution in [3.63, 3.8) is 0 Å². The molecule has 2 aliphatic heterocycles. The van der Waals surface area contributed by atoms with Crippen molar-refractivity contribution in [2.75, 3.05) is 0 Å². The van der Waals surface area contributed by atoms with Gasteiger partial charge in [-0.15, -0.1) is 0 Å². The number of amides is 2. The molecule has 0 spiro atoms. The van der Waals surface area contributed by atoms with Gasteiger partial charge in [-0.1, -0.05) is 50.2 Å². The van der Waals surface area contributed by atoms with Crippen LogP contribution in [-0.2, 0) is 15.0 Å². The molecule has 0 N–H and O–H groups in total. The first-order chi connectivity index (χ1) is 11.4.